The Hall–Kier alpha value is -6.00. The zero-order valence-electron chi connectivity index (χ0n) is 27.1. The van der Waals surface area contributed by atoms with Crippen LogP contribution in [0.2, 0.25) is 0 Å². The van der Waals surface area contributed by atoms with E-state index in [1.54, 1.807) is 11.3 Å². The third kappa shape index (κ3) is 4.52. The summed E-state index contributed by atoms with van der Waals surface area (Å²) in [6.45, 7) is 0. The normalized spacial score (nSPS) is 16.2. The van der Waals surface area contributed by atoms with Gasteiger partial charge in [0, 0.05) is 69.4 Å². The lowest BCUT2D eigenvalue weighted by atomic mass is 9.91. The average Bonchev–Trinajstić information content (AvgIpc) is 3.87. The molecule has 4 nitrogen and oxygen atoms in total. The van der Waals surface area contributed by atoms with Gasteiger partial charge in [0.2, 0.25) is 0 Å². The first-order valence-corrected chi connectivity index (χ1v) is 18.7. The van der Waals surface area contributed by atoms with Gasteiger partial charge in [-0.1, -0.05) is 97.1 Å². The smallest absolute Gasteiger partial charge is 0.165 e. The minimum atomic E-state index is 0.347. The van der Waals surface area contributed by atoms with Crippen molar-refractivity contribution in [1.82, 2.24) is 19.5 Å². The summed E-state index contributed by atoms with van der Waals surface area (Å²) >= 11 is 3.72. The second kappa shape index (κ2) is 11.3. The van der Waals surface area contributed by atoms with Crippen LogP contribution in [0.5, 0.6) is 0 Å². The van der Waals surface area contributed by atoms with E-state index in [0.29, 0.717) is 28.6 Å². The first-order valence-electron chi connectivity index (χ1n) is 17.0. The molecule has 11 rings (SSSR count). The Bertz CT molecular complexity index is 2920. The third-order valence-corrected chi connectivity index (χ3v) is 12.6. The van der Waals surface area contributed by atoms with E-state index < -0.39 is 0 Å². The van der Waals surface area contributed by atoms with Gasteiger partial charge in [-0.15, -0.1) is 23.1 Å². The molecule has 0 spiro atoms. The van der Waals surface area contributed by atoms with E-state index in [4.69, 9.17) is 15.0 Å². The number of allylic oxidation sites excluding steroid dienone is 3. The maximum Gasteiger partial charge on any atom is 0.165 e. The highest BCUT2D eigenvalue weighted by Crippen LogP contribution is 2.49. The van der Waals surface area contributed by atoms with Crippen molar-refractivity contribution in [2.75, 3.05) is 0 Å². The standard InChI is InChI=1S/C45H26N4S2/c1-2-11-29(12-3-1)49-37-18-7-4-13-30(37)31-23-21-28(26-38(31)49)44-46-43(27-22-24-41-36(25-27)33-15-6-8-19-39(33)50-41)47-45(48-44)35-17-10-16-34-32-14-5-9-20-40(32)51-42(34)35/h1-6,8-17,19-26,33,39H. The maximum atomic E-state index is 5.26. The van der Waals surface area contributed by atoms with Gasteiger partial charge < -0.3 is 4.57 Å². The topological polar surface area (TPSA) is 43.6 Å². The molecule has 1 aliphatic carbocycles. The molecular formula is C45H26N4S2. The summed E-state index contributed by atoms with van der Waals surface area (Å²) in [4.78, 5) is 17.1. The van der Waals surface area contributed by atoms with Crippen molar-refractivity contribution in [2.24, 2.45) is 0 Å². The van der Waals surface area contributed by atoms with Gasteiger partial charge in [-0.3, -0.25) is 0 Å². The van der Waals surface area contributed by atoms with Gasteiger partial charge in [0.15, 0.2) is 17.5 Å². The van der Waals surface area contributed by atoms with Gasteiger partial charge in [0.25, 0.3) is 0 Å². The molecule has 0 bridgehead atoms. The fourth-order valence-electron chi connectivity index (χ4n) is 7.68. The Balaban J connectivity index is 1.15. The summed E-state index contributed by atoms with van der Waals surface area (Å²) in [5, 5.41) is 5.17. The summed E-state index contributed by atoms with van der Waals surface area (Å²) in [6.07, 6.45) is 8.94. The Morgan fingerprint density at radius 3 is 2.33 bits per heavy atom. The largest absolute Gasteiger partial charge is 0.302 e. The molecule has 51 heavy (non-hydrogen) atoms. The summed E-state index contributed by atoms with van der Waals surface area (Å²) in [6, 6.07) is 49.3. The highest BCUT2D eigenvalue weighted by atomic mass is 32.2. The van der Waals surface area contributed by atoms with E-state index in [1.165, 1.54) is 30.6 Å². The fourth-order valence-corrected chi connectivity index (χ4v) is 10.2. The predicted octanol–water partition coefficient (Wildman–Crippen LogP) is 11.6. The fraction of sp³-hybridized carbons (Fsp3) is 0.0444. The van der Waals surface area contributed by atoms with Crippen LogP contribution in [-0.2, 0) is 0 Å². The molecule has 2 aliphatic rings. The Morgan fingerprint density at radius 1 is 0.627 bits per heavy atom. The van der Waals surface area contributed by atoms with Crippen molar-refractivity contribution in [3.8, 4) is 39.9 Å². The number of thiophene rings is 1. The van der Waals surface area contributed by atoms with Crippen molar-refractivity contribution in [1.29, 1.82) is 0 Å². The molecule has 4 heterocycles. The maximum absolute atomic E-state index is 5.26. The van der Waals surface area contributed by atoms with Crippen LogP contribution in [0.1, 0.15) is 11.5 Å². The second-order valence-corrected chi connectivity index (χ2v) is 15.3. The SMILES string of the molecule is c1ccc2c3ccc(-c4nc(-c5ccc6c(c5)C5C=CC=CC5S6)nc(-c5cccc6c5sc5ccccc56)n4)cc3n(-c3ccccc3)c2c#1. The van der Waals surface area contributed by atoms with Crippen LogP contribution in [-0.4, -0.2) is 24.8 Å². The van der Waals surface area contributed by atoms with Crippen molar-refractivity contribution >= 4 is 65.1 Å². The van der Waals surface area contributed by atoms with Gasteiger partial charge in [-0.05, 0) is 66.2 Å². The molecule has 0 fully saturated rings. The molecule has 0 N–H and O–H groups in total. The van der Waals surface area contributed by atoms with Gasteiger partial charge in [0.1, 0.15) is 5.52 Å². The van der Waals surface area contributed by atoms with E-state index in [-0.39, 0.29) is 0 Å². The number of para-hydroxylation sites is 1. The molecule has 238 valence electrons. The lowest BCUT2D eigenvalue weighted by molar-refractivity contribution is 0.881. The van der Waals surface area contributed by atoms with Gasteiger partial charge in [-0.25, -0.2) is 15.0 Å². The van der Waals surface area contributed by atoms with Crippen LogP contribution in [0.3, 0.4) is 0 Å². The van der Waals surface area contributed by atoms with E-state index in [2.05, 4.69) is 150 Å². The van der Waals surface area contributed by atoms with E-state index >= 15 is 0 Å². The average molecular weight is 687 g/mol. The molecule has 3 aromatic heterocycles. The number of hydrogen-bond acceptors (Lipinski definition) is 5. The number of rotatable bonds is 4. The van der Waals surface area contributed by atoms with Gasteiger partial charge >= 0.3 is 0 Å². The van der Waals surface area contributed by atoms with Crippen molar-refractivity contribution < 1.29 is 0 Å². The number of hydrogen-bond donors (Lipinski definition) is 0. The van der Waals surface area contributed by atoms with Crippen LogP contribution in [0.15, 0.2) is 151 Å². The molecule has 1 aliphatic heterocycles. The highest BCUT2D eigenvalue weighted by Gasteiger charge is 2.31. The quantitative estimate of drug-likeness (QED) is 0.185. The summed E-state index contributed by atoms with van der Waals surface area (Å²) in [5.74, 6) is 2.33. The van der Waals surface area contributed by atoms with Crippen molar-refractivity contribution in [3.05, 3.63) is 163 Å². The second-order valence-electron chi connectivity index (χ2n) is 13.0. The number of fused-ring (bicyclic) bond motifs is 9. The highest BCUT2D eigenvalue weighted by molar-refractivity contribution is 8.00. The zero-order chi connectivity index (χ0) is 33.5. The summed E-state index contributed by atoms with van der Waals surface area (Å²) < 4.78 is 4.69. The first-order chi connectivity index (χ1) is 25.3. The van der Waals surface area contributed by atoms with E-state index in [1.807, 2.05) is 23.9 Å². The molecule has 6 aromatic carbocycles. The molecule has 0 saturated heterocycles. The lowest BCUT2D eigenvalue weighted by Crippen LogP contribution is -2.07. The minimum Gasteiger partial charge on any atom is -0.302 e. The first kappa shape index (κ1) is 28.8. The Kier molecular flexibility index (Phi) is 6.36. The number of nitrogens with zero attached hydrogens (tertiary/aromatic N) is 4. The Morgan fingerprint density at radius 2 is 1.41 bits per heavy atom. The summed E-state index contributed by atoms with van der Waals surface area (Å²) in [5.41, 5.74) is 7.40. The Labute approximate surface area is 302 Å². The van der Waals surface area contributed by atoms with Crippen molar-refractivity contribution in [3.63, 3.8) is 0 Å². The lowest BCUT2D eigenvalue weighted by Gasteiger charge is -2.15. The molecule has 0 radical (unpaired) electrons. The van der Waals surface area contributed by atoms with Crippen LogP contribution in [0.25, 0.3) is 81.8 Å². The van der Waals surface area contributed by atoms with Crippen LogP contribution in [0.4, 0.5) is 0 Å². The van der Waals surface area contributed by atoms with Crippen molar-refractivity contribution in [2.45, 2.75) is 16.1 Å². The molecule has 0 saturated carbocycles. The van der Waals surface area contributed by atoms with Gasteiger partial charge in [0.05, 0.1) is 5.52 Å². The van der Waals surface area contributed by atoms with Crippen LogP contribution in [0, 0.1) is 12.1 Å². The number of aromatic nitrogens is 4. The number of benzene rings is 5. The van der Waals surface area contributed by atoms with E-state index in [9.17, 15) is 0 Å². The molecular weight excluding hydrogens is 661 g/mol. The molecule has 6 heteroatoms. The monoisotopic (exact) mass is 686 g/mol. The number of thioether (sulfide) groups is 1. The zero-order valence-corrected chi connectivity index (χ0v) is 28.7. The predicted molar refractivity (Wildman–Crippen MR) is 212 cm³/mol. The molecule has 0 amide bonds. The van der Waals surface area contributed by atoms with Gasteiger partial charge in [-0.2, -0.15) is 0 Å². The van der Waals surface area contributed by atoms with Crippen LogP contribution >= 0.6 is 23.1 Å². The third-order valence-electron chi connectivity index (χ3n) is 10.1. The minimum absolute atomic E-state index is 0.347. The van der Waals surface area contributed by atoms with Crippen LogP contribution < -0.4 is 0 Å². The molecule has 9 aromatic rings. The van der Waals surface area contributed by atoms with E-state index in [0.717, 1.165) is 44.2 Å². The summed E-state index contributed by atoms with van der Waals surface area (Å²) in [7, 11) is 0. The molecule has 2 unspecified atom stereocenters. The molecule has 2 atom stereocenters.